The summed E-state index contributed by atoms with van der Waals surface area (Å²) >= 11 is 0. The van der Waals surface area contributed by atoms with E-state index in [1.165, 1.54) is 12.1 Å². The van der Waals surface area contributed by atoms with Crippen LogP contribution in [-0.2, 0) is 6.61 Å². The maximum absolute atomic E-state index is 14.7. The van der Waals surface area contributed by atoms with Crippen molar-refractivity contribution in [3.05, 3.63) is 95.9 Å². The molecule has 1 saturated heterocycles. The van der Waals surface area contributed by atoms with Gasteiger partial charge in [-0.1, -0.05) is 42.5 Å². The van der Waals surface area contributed by atoms with Crippen molar-refractivity contribution in [2.24, 2.45) is 5.73 Å². The molecule has 4 aromatic rings. The topological polar surface area (TPSA) is 84.4 Å². The SMILES string of the molecule is COc1ccc(-c2cnc(N3CCC(N)CC3)cc2-c2ccc(C#N)c(F)c2)cc1OCc1ccccc1. The van der Waals surface area contributed by atoms with Crippen molar-refractivity contribution in [3.8, 4) is 39.8 Å². The molecule has 6 nitrogen and oxygen atoms in total. The van der Waals surface area contributed by atoms with E-state index < -0.39 is 5.82 Å². The second-order valence-electron chi connectivity index (χ2n) is 9.36. The maximum Gasteiger partial charge on any atom is 0.162 e. The Morgan fingerprint density at radius 2 is 1.71 bits per heavy atom. The van der Waals surface area contributed by atoms with E-state index in [1.807, 2.05) is 66.9 Å². The Balaban J connectivity index is 1.56. The van der Waals surface area contributed by atoms with Crippen LogP contribution in [0.5, 0.6) is 11.5 Å². The molecule has 1 fully saturated rings. The van der Waals surface area contributed by atoms with Gasteiger partial charge in [-0.2, -0.15) is 5.26 Å². The molecule has 5 rings (SSSR count). The molecule has 0 amide bonds. The number of methoxy groups -OCH3 is 1. The number of hydrogen-bond acceptors (Lipinski definition) is 6. The number of nitriles is 1. The van der Waals surface area contributed by atoms with E-state index in [4.69, 9.17) is 20.2 Å². The Hall–Kier alpha value is -4.41. The highest BCUT2D eigenvalue weighted by atomic mass is 19.1. The van der Waals surface area contributed by atoms with Crippen LogP contribution in [0.2, 0.25) is 0 Å². The Morgan fingerprint density at radius 1 is 0.974 bits per heavy atom. The molecule has 7 heteroatoms. The van der Waals surface area contributed by atoms with Gasteiger partial charge >= 0.3 is 0 Å². The zero-order valence-electron chi connectivity index (χ0n) is 21.2. The third kappa shape index (κ3) is 5.46. The van der Waals surface area contributed by atoms with Crippen molar-refractivity contribution >= 4 is 5.82 Å². The lowest BCUT2D eigenvalue weighted by Gasteiger charge is -2.31. The van der Waals surface area contributed by atoms with Crippen LogP contribution in [-0.4, -0.2) is 31.2 Å². The number of pyridine rings is 1. The van der Waals surface area contributed by atoms with Gasteiger partial charge in [-0.25, -0.2) is 9.37 Å². The maximum atomic E-state index is 14.7. The molecule has 192 valence electrons. The molecule has 2 heterocycles. The van der Waals surface area contributed by atoms with Crippen molar-refractivity contribution in [2.75, 3.05) is 25.1 Å². The van der Waals surface area contributed by atoms with Gasteiger partial charge in [-0.15, -0.1) is 0 Å². The molecule has 1 aliphatic heterocycles. The number of benzene rings is 3. The summed E-state index contributed by atoms with van der Waals surface area (Å²) in [6, 6.07) is 24.4. The fourth-order valence-corrected chi connectivity index (χ4v) is 4.68. The molecule has 1 aromatic heterocycles. The number of rotatable bonds is 7. The molecule has 0 aliphatic carbocycles. The highest BCUT2D eigenvalue weighted by molar-refractivity contribution is 5.85. The number of ether oxygens (including phenoxy) is 2. The number of piperidine rings is 1. The van der Waals surface area contributed by atoms with Crippen LogP contribution < -0.4 is 20.1 Å². The second kappa shape index (κ2) is 11.3. The van der Waals surface area contributed by atoms with Gasteiger partial charge < -0.3 is 20.1 Å². The zero-order chi connectivity index (χ0) is 26.5. The van der Waals surface area contributed by atoms with E-state index in [9.17, 15) is 9.65 Å². The fraction of sp³-hybridized carbons (Fsp3) is 0.226. The van der Waals surface area contributed by atoms with Gasteiger partial charge in [0.15, 0.2) is 11.5 Å². The Kier molecular flexibility index (Phi) is 7.52. The molecule has 0 saturated carbocycles. The van der Waals surface area contributed by atoms with E-state index in [1.54, 1.807) is 13.2 Å². The average Bonchev–Trinajstić information content (AvgIpc) is 2.96. The van der Waals surface area contributed by atoms with Crippen LogP contribution >= 0.6 is 0 Å². The summed E-state index contributed by atoms with van der Waals surface area (Å²) in [6.07, 6.45) is 3.60. The number of anilines is 1. The summed E-state index contributed by atoms with van der Waals surface area (Å²) in [4.78, 5) is 6.99. The molecule has 1 aliphatic rings. The standard InChI is InChI=1S/C31H29FN4O2/c1-37-29-10-9-23(16-30(29)38-20-21-5-3-2-4-6-21)27-19-35-31(36-13-11-25(34)12-14-36)17-26(27)22-7-8-24(18-33)28(32)15-22/h2-10,15-17,19,25H,11-14,20,34H2,1H3. The molecule has 0 radical (unpaired) electrons. The molecule has 0 spiro atoms. The monoisotopic (exact) mass is 508 g/mol. The first kappa shape index (κ1) is 25.2. The fourth-order valence-electron chi connectivity index (χ4n) is 4.68. The molecular formula is C31H29FN4O2. The van der Waals surface area contributed by atoms with E-state index in [-0.39, 0.29) is 11.6 Å². The van der Waals surface area contributed by atoms with Gasteiger partial charge in [-0.3, -0.25) is 0 Å². The smallest absolute Gasteiger partial charge is 0.162 e. The van der Waals surface area contributed by atoms with Gasteiger partial charge in [0.25, 0.3) is 0 Å². The summed E-state index contributed by atoms with van der Waals surface area (Å²) in [5.41, 5.74) is 10.3. The van der Waals surface area contributed by atoms with E-state index in [2.05, 4.69) is 4.90 Å². The lowest BCUT2D eigenvalue weighted by molar-refractivity contribution is 0.284. The van der Waals surface area contributed by atoms with Gasteiger partial charge in [0.2, 0.25) is 0 Å². The second-order valence-corrected chi connectivity index (χ2v) is 9.36. The third-order valence-electron chi connectivity index (χ3n) is 6.87. The first-order valence-electron chi connectivity index (χ1n) is 12.6. The predicted octanol–water partition coefficient (Wildman–Crippen LogP) is 5.94. The lowest BCUT2D eigenvalue weighted by atomic mass is 9.95. The Morgan fingerprint density at radius 3 is 2.42 bits per heavy atom. The van der Waals surface area contributed by atoms with Gasteiger partial charge in [0, 0.05) is 30.9 Å². The number of aromatic nitrogens is 1. The van der Waals surface area contributed by atoms with Crippen molar-refractivity contribution in [3.63, 3.8) is 0 Å². The van der Waals surface area contributed by atoms with Crippen LogP contribution in [0.1, 0.15) is 24.0 Å². The molecule has 2 N–H and O–H groups in total. The normalized spacial score (nSPS) is 13.7. The minimum atomic E-state index is -0.556. The molecule has 0 atom stereocenters. The molecule has 0 bridgehead atoms. The minimum Gasteiger partial charge on any atom is -0.493 e. The Bertz CT molecular complexity index is 1460. The molecule has 0 unspecified atom stereocenters. The van der Waals surface area contributed by atoms with Gasteiger partial charge in [-0.05, 0) is 65.4 Å². The van der Waals surface area contributed by atoms with Crippen LogP contribution in [0.4, 0.5) is 10.2 Å². The van der Waals surface area contributed by atoms with Gasteiger partial charge in [0.1, 0.15) is 24.3 Å². The Labute approximate surface area is 222 Å². The summed E-state index contributed by atoms with van der Waals surface area (Å²) in [7, 11) is 1.61. The number of hydrogen-bond donors (Lipinski definition) is 1. The molecule has 3 aromatic carbocycles. The first-order valence-corrected chi connectivity index (χ1v) is 12.6. The predicted molar refractivity (Wildman–Crippen MR) is 147 cm³/mol. The number of nitrogens with two attached hydrogens (primary N) is 1. The number of nitrogens with zero attached hydrogens (tertiary/aromatic N) is 3. The van der Waals surface area contributed by atoms with Crippen LogP contribution in [0.25, 0.3) is 22.3 Å². The minimum absolute atomic E-state index is 0.00986. The van der Waals surface area contributed by atoms with Gasteiger partial charge in [0.05, 0.1) is 12.7 Å². The number of halogens is 1. The van der Waals surface area contributed by atoms with Crippen molar-refractivity contribution < 1.29 is 13.9 Å². The van der Waals surface area contributed by atoms with Crippen LogP contribution in [0, 0.1) is 17.1 Å². The highest BCUT2D eigenvalue weighted by Gasteiger charge is 2.20. The average molecular weight is 509 g/mol. The highest BCUT2D eigenvalue weighted by Crippen LogP contribution is 2.39. The quantitative estimate of drug-likeness (QED) is 0.333. The van der Waals surface area contributed by atoms with Crippen molar-refractivity contribution in [1.29, 1.82) is 5.26 Å². The van der Waals surface area contributed by atoms with Crippen LogP contribution in [0.15, 0.2) is 79.0 Å². The zero-order valence-corrected chi connectivity index (χ0v) is 21.2. The summed E-state index contributed by atoms with van der Waals surface area (Å²) in [5.74, 6) is 1.47. The summed E-state index contributed by atoms with van der Waals surface area (Å²) in [6.45, 7) is 2.02. The summed E-state index contributed by atoms with van der Waals surface area (Å²) < 4.78 is 26.4. The lowest BCUT2D eigenvalue weighted by Crippen LogP contribution is -2.40. The van der Waals surface area contributed by atoms with E-state index in [0.717, 1.165) is 54.0 Å². The molecule has 38 heavy (non-hydrogen) atoms. The summed E-state index contributed by atoms with van der Waals surface area (Å²) in [5, 5.41) is 9.22. The first-order chi connectivity index (χ1) is 18.6. The van der Waals surface area contributed by atoms with E-state index >= 15 is 0 Å². The van der Waals surface area contributed by atoms with Crippen LogP contribution in [0.3, 0.4) is 0 Å². The van der Waals surface area contributed by atoms with E-state index in [0.29, 0.717) is 23.7 Å². The largest absolute Gasteiger partial charge is 0.493 e. The van der Waals surface area contributed by atoms with Crippen molar-refractivity contribution in [1.82, 2.24) is 4.98 Å². The third-order valence-corrected chi connectivity index (χ3v) is 6.87. The molecular weight excluding hydrogens is 479 g/mol. The van der Waals surface area contributed by atoms with Crippen molar-refractivity contribution in [2.45, 2.75) is 25.5 Å².